The van der Waals surface area contributed by atoms with Crippen LogP contribution in [0.3, 0.4) is 0 Å². The molecule has 0 N–H and O–H groups in total. The lowest BCUT2D eigenvalue weighted by molar-refractivity contribution is -0.870. The van der Waals surface area contributed by atoms with Gasteiger partial charge in [-0.2, -0.15) is 0 Å². The Balaban J connectivity index is 4.20. The van der Waals surface area contributed by atoms with E-state index in [-0.39, 0.29) is 32.0 Å². The van der Waals surface area contributed by atoms with Crippen molar-refractivity contribution in [1.29, 1.82) is 0 Å². The quantitative estimate of drug-likeness (QED) is 0.0257. The highest BCUT2D eigenvalue weighted by atomic mass is 31.2. The second kappa shape index (κ2) is 43.3. The smallest absolute Gasteiger partial charge is 0.306 e. The molecule has 0 spiro atoms. The number of nitrogens with zero attached hydrogens (tertiary/aromatic N) is 1. The fourth-order valence-electron chi connectivity index (χ4n) is 7.60. The highest BCUT2D eigenvalue weighted by molar-refractivity contribution is 7.45. The normalized spacial score (nSPS) is 13.4. The molecule has 10 heteroatoms. The van der Waals surface area contributed by atoms with E-state index in [1.165, 1.54) is 193 Å². The van der Waals surface area contributed by atoms with Gasteiger partial charge in [-0.3, -0.25) is 14.2 Å². The van der Waals surface area contributed by atoms with Crippen molar-refractivity contribution < 1.29 is 42.1 Å². The van der Waals surface area contributed by atoms with Crippen molar-refractivity contribution in [3.05, 3.63) is 0 Å². The highest BCUT2D eigenvalue weighted by Crippen LogP contribution is 2.38. The Bertz CT molecular complexity index is 990. The van der Waals surface area contributed by atoms with Crippen LogP contribution in [0.4, 0.5) is 0 Å². The minimum Gasteiger partial charge on any atom is -0.756 e. The van der Waals surface area contributed by atoms with Gasteiger partial charge in [0.25, 0.3) is 7.82 Å². The number of quaternary nitrogens is 1. The molecule has 0 radical (unpaired) electrons. The molecule has 0 aromatic rings. The molecule has 0 aromatic carbocycles. The number of rotatable bonds is 48. The Morgan fingerprint density at radius 1 is 0.450 bits per heavy atom. The molecule has 0 heterocycles. The molecule has 0 fully saturated rings. The third-order valence-electron chi connectivity index (χ3n) is 11.6. The molecule has 0 bridgehead atoms. The van der Waals surface area contributed by atoms with Crippen molar-refractivity contribution in [1.82, 2.24) is 0 Å². The zero-order valence-electron chi connectivity index (χ0n) is 40.4. The summed E-state index contributed by atoms with van der Waals surface area (Å²) in [6.45, 7) is 4.29. The van der Waals surface area contributed by atoms with Gasteiger partial charge < -0.3 is 27.9 Å². The molecule has 0 amide bonds. The van der Waals surface area contributed by atoms with E-state index in [2.05, 4.69) is 13.8 Å². The predicted molar refractivity (Wildman–Crippen MR) is 250 cm³/mol. The van der Waals surface area contributed by atoms with E-state index < -0.39 is 26.5 Å². The van der Waals surface area contributed by atoms with Crippen LogP contribution in [0.25, 0.3) is 0 Å². The maximum absolute atomic E-state index is 12.7. The lowest BCUT2D eigenvalue weighted by Gasteiger charge is -2.28. The van der Waals surface area contributed by atoms with Crippen molar-refractivity contribution >= 4 is 19.8 Å². The van der Waals surface area contributed by atoms with E-state index in [9.17, 15) is 19.0 Å². The zero-order chi connectivity index (χ0) is 44.3. The maximum atomic E-state index is 12.7. The van der Waals surface area contributed by atoms with Gasteiger partial charge >= 0.3 is 11.9 Å². The lowest BCUT2D eigenvalue weighted by Crippen LogP contribution is -2.37. The summed E-state index contributed by atoms with van der Waals surface area (Å²) in [5.74, 6) is -0.813. The van der Waals surface area contributed by atoms with Crippen molar-refractivity contribution in [3.63, 3.8) is 0 Å². The van der Waals surface area contributed by atoms with Gasteiger partial charge in [0.05, 0.1) is 27.7 Å². The second-order valence-corrected chi connectivity index (χ2v) is 20.3. The fourth-order valence-corrected chi connectivity index (χ4v) is 8.33. The maximum Gasteiger partial charge on any atom is 0.306 e. The number of esters is 2. The van der Waals surface area contributed by atoms with E-state index >= 15 is 0 Å². The van der Waals surface area contributed by atoms with E-state index in [0.717, 1.165) is 32.1 Å². The Hall–Kier alpha value is -0.990. The Morgan fingerprint density at radius 2 is 0.750 bits per heavy atom. The molecule has 1 unspecified atom stereocenters. The van der Waals surface area contributed by atoms with Crippen LogP contribution in [-0.2, 0) is 32.7 Å². The van der Waals surface area contributed by atoms with Crippen LogP contribution in [-0.4, -0.2) is 70.0 Å². The van der Waals surface area contributed by atoms with Crippen LogP contribution in [0, 0.1) is 0 Å². The first kappa shape index (κ1) is 59.0. The molecule has 0 saturated carbocycles. The Morgan fingerprint density at radius 3 is 1.07 bits per heavy atom. The van der Waals surface area contributed by atoms with Gasteiger partial charge in [-0.15, -0.1) is 0 Å². The number of unbranched alkanes of at least 4 members (excludes halogenated alkanes) is 34. The summed E-state index contributed by atoms with van der Waals surface area (Å²) in [5, 5.41) is 0. The van der Waals surface area contributed by atoms with Gasteiger partial charge in [-0.05, 0) is 12.8 Å². The van der Waals surface area contributed by atoms with Crippen molar-refractivity contribution in [2.24, 2.45) is 0 Å². The van der Waals surface area contributed by atoms with Crippen molar-refractivity contribution in [2.45, 2.75) is 264 Å². The summed E-state index contributed by atoms with van der Waals surface area (Å²) in [4.78, 5) is 37.7. The zero-order valence-corrected chi connectivity index (χ0v) is 41.3. The number of hydrogen-bond donors (Lipinski definition) is 0. The molecule has 358 valence electrons. The second-order valence-electron chi connectivity index (χ2n) is 18.9. The minimum absolute atomic E-state index is 0.0253. The molecular formula is C50H100NO8P. The van der Waals surface area contributed by atoms with Crippen LogP contribution >= 0.6 is 7.82 Å². The van der Waals surface area contributed by atoms with Gasteiger partial charge in [0, 0.05) is 12.8 Å². The van der Waals surface area contributed by atoms with Crippen molar-refractivity contribution in [3.8, 4) is 0 Å². The summed E-state index contributed by atoms with van der Waals surface area (Å²) in [6.07, 6.45) is 45.5. The molecule has 0 aliphatic heterocycles. The molecule has 9 nitrogen and oxygen atoms in total. The topological polar surface area (TPSA) is 111 Å². The van der Waals surface area contributed by atoms with Gasteiger partial charge in [0.15, 0.2) is 6.10 Å². The molecule has 0 aromatic heterocycles. The summed E-state index contributed by atoms with van der Waals surface area (Å²) in [7, 11) is 1.19. The first-order valence-electron chi connectivity index (χ1n) is 25.7. The van der Waals surface area contributed by atoms with E-state index in [0.29, 0.717) is 17.4 Å². The number of ether oxygens (including phenoxy) is 2. The van der Waals surface area contributed by atoms with Gasteiger partial charge in [-0.1, -0.05) is 232 Å². The molecular weight excluding hydrogens is 774 g/mol. The van der Waals surface area contributed by atoms with E-state index in [1.54, 1.807) is 0 Å². The Kier molecular flexibility index (Phi) is 42.6. The van der Waals surface area contributed by atoms with Crippen LogP contribution in [0.5, 0.6) is 0 Å². The van der Waals surface area contributed by atoms with Gasteiger partial charge in [-0.25, -0.2) is 0 Å². The third kappa shape index (κ3) is 46.5. The number of hydrogen-bond acceptors (Lipinski definition) is 8. The first-order valence-corrected chi connectivity index (χ1v) is 27.2. The van der Waals surface area contributed by atoms with E-state index in [1.807, 2.05) is 21.1 Å². The molecule has 0 rings (SSSR count). The monoisotopic (exact) mass is 874 g/mol. The summed E-state index contributed by atoms with van der Waals surface area (Å²) < 4.78 is 34.1. The predicted octanol–water partition coefficient (Wildman–Crippen LogP) is 14.5. The average Bonchev–Trinajstić information content (AvgIpc) is 3.20. The SMILES string of the molecule is CCCCCCCCCCCCCCCCCCCCCC(=O)O[C@H](COC(=O)CCCCCCCCCCCCCCCCCCC)COP(=O)([O-])OCC[N+](C)(C)C. The number of carbonyl (C=O) groups is 2. The third-order valence-corrected chi connectivity index (χ3v) is 12.6. The highest BCUT2D eigenvalue weighted by Gasteiger charge is 2.21. The molecule has 2 atom stereocenters. The lowest BCUT2D eigenvalue weighted by atomic mass is 10.0. The molecule has 0 saturated heterocycles. The first-order chi connectivity index (χ1) is 29.0. The number of phosphoric ester groups is 1. The fraction of sp³-hybridized carbons (Fsp3) is 0.960. The van der Waals surface area contributed by atoms with Crippen molar-refractivity contribution in [2.75, 3.05) is 47.5 Å². The van der Waals surface area contributed by atoms with Gasteiger partial charge in [0.2, 0.25) is 0 Å². The largest absolute Gasteiger partial charge is 0.756 e. The average molecular weight is 874 g/mol. The number of carbonyl (C=O) groups excluding carboxylic acids is 2. The molecule has 0 aliphatic rings. The number of phosphoric acid groups is 1. The summed E-state index contributed by atoms with van der Waals surface area (Å²) in [6, 6.07) is 0. The van der Waals surface area contributed by atoms with Crippen LogP contribution in [0.15, 0.2) is 0 Å². The van der Waals surface area contributed by atoms with Crippen LogP contribution in [0.1, 0.15) is 258 Å². The van der Waals surface area contributed by atoms with E-state index in [4.69, 9.17) is 18.5 Å². The standard InChI is InChI=1S/C50H100NO8P/c1-6-8-10-12-14-16-18-20-22-24-25-27-29-31-33-35-37-39-41-43-50(53)59-48(47-58-60(54,55)57-45-44-51(3,4)5)46-56-49(52)42-40-38-36-34-32-30-28-26-23-21-19-17-15-13-11-9-7-2/h48H,6-47H2,1-5H3/t48-/m1/s1. The van der Waals surface area contributed by atoms with Crippen LogP contribution in [0.2, 0.25) is 0 Å². The summed E-state index contributed by atoms with van der Waals surface area (Å²) in [5.41, 5.74) is 0. The Labute approximate surface area is 372 Å². The summed E-state index contributed by atoms with van der Waals surface area (Å²) >= 11 is 0. The van der Waals surface area contributed by atoms with Crippen LogP contribution < -0.4 is 4.89 Å². The molecule has 0 aliphatic carbocycles. The minimum atomic E-state index is -4.62. The molecule has 60 heavy (non-hydrogen) atoms. The number of likely N-dealkylation sites (N-methyl/N-ethyl adjacent to an activating group) is 1. The van der Waals surface area contributed by atoms with Gasteiger partial charge in [0.1, 0.15) is 19.8 Å².